The molecule has 0 atom stereocenters. The van der Waals surface area contributed by atoms with Crippen molar-refractivity contribution < 1.29 is 0 Å². The first-order valence-corrected chi connectivity index (χ1v) is 22.0. The molecule has 0 unspecified atom stereocenters. The molecule has 1 heterocycles. The first-order valence-electron chi connectivity index (χ1n) is 22.0. The molecule has 0 N–H and O–H groups in total. The fourth-order valence-electron chi connectivity index (χ4n) is 9.73. The number of para-hydroxylation sites is 1. The average Bonchev–Trinajstić information content (AvgIpc) is 3.70. The lowest BCUT2D eigenvalue weighted by atomic mass is 9.97. The Morgan fingerprint density at radius 2 is 0.719 bits per heavy atom. The summed E-state index contributed by atoms with van der Waals surface area (Å²) in [7, 11) is 0. The predicted octanol–water partition coefficient (Wildman–Crippen LogP) is 17.2. The molecule has 64 heavy (non-hydrogen) atoms. The molecule has 0 saturated carbocycles. The second-order valence-corrected chi connectivity index (χ2v) is 16.5. The van der Waals surface area contributed by atoms with Crippen molar-refractivity contribution in [2.75, 3.05) is 4.90 Å². The Kier molecular flexibility index (Phi) is 9.20. The second-order valence-electron chi connectivity index (χ2n) is 16.5. The van der Waals surface area contributed by atoms with Gasteiger partial charge in [-0.1, -0.05) is 194 Å². The lowest BCUT2D eigenvalue weighted by Gasteiger charge is -2.28. The SMILES string of the molecule is c1ccc(-c2cccc(N(c3cccc(-c4ccccc4-n4c5ccc(-c6ccccc6)cc5c5cc(-c6ccccc6)ccc54)c3)c3cc4ccccc4c4ccccc34)c2)cc1. The van der Waals surface area contributed by atoms with E-state index in [1.54, 1.807) is 0 Å². The molecular weight excluding hydrogens is 773 g/mol. The monoisotopic (exact) mass is 814 g/mol. The van der Waals surface area contributed by atoms with Gasteiger partial charge in [-0.25, -0.2) is 0 Å². The number of aromatic nitrogens is 1. The highest BCUT2D eigenvalue weighted by molar-refractivity contribution is 6.15. The Morgan fingerprint density at radius 3 is 1.33 bits per heavy atom. The molecule has 12 rings (SSSR count). The van der Waals surface area contributed by atoms with E-state index < -0.39 is 0 Å². The predicted molar refractivity (Wildman–Crippen MR) is 272 cm³/mol. The maximum Gasteiger partial charge on any atom is 0.0546 e. The molecule has 0 aliphatic rings. The van der Waals surface area contributed by atoms with Crippen LogP contribution in [0.3, 0.4) is 0 Å². The fraction of sp³-hybridized carbons (Fsp3) is 0. The van der Waals surface area contributed by atoms with E-state index >= 15 is 0 Å². The summed E-state index contributed by atoms with van der Waals surface area (Å²) in [6.45, 7) is 0. The van der Waals surface area contributed by atoms with Gasteiger partial charge in [0.05, 0.1) is 22.4 Å². The van der Waals surface area contributed by atoms with Gasteiger partial charge in [-0.05, 0) is 116 Å². The standard InChI is InChI=1S/C62H42N2/c1-4-18-43(19-5-1)46-25-16-27-51(38-46)63(62-42-50-24-10-11-29-53(50)55-31-12-13-32-56(55)62)52-28-17-26-49(39-52)54-30-14-15-33-59(54)64-60-36-34-47(44-20-6-2-7-21-44)40-57(60)58-41-48(35-37-61(58)64)45-22-8-3-9-23-45/h1-42H. The van der Waals surface area contributed by atoms with Crippen molar-refractivity contribution in [3.8, 4) is 50.2 Å². The van der Waals surface area contributed by atoms with Gasteiger partial charge >= 0.3 is 0 Å². The van der Waals surface area contributed by atoms with Crippen LogP contribution in [0.15, 0.2) is 255 Å². The van der Waals surface area contributed by atoms with Crippen molar-refractivity contribution >= 4 is 60.4 Å². The second kappa shape index (κ2) is 15.8. The minimum atomic E-state index is 1.08. The van der Waals surface area contributed by atoms with E-state index in [2.05, 4.69) is 264 Å². The van der Waals surface area contributed by atoms with Gasteiger partial charge in [0.1, 0.15) is 0 Å². The molecule has 0 aliphatic heterocycles. The molecular formula is C62H42N2. The van der Waals surface area contributed by atoms with Gasteiger partial charge in [-0.3, -0.25) is 0 Å². The summed E-state index contributed by atoms with van der Waals surface area (Å²) < 4.78 is 2.47. The van der Waals surface area contributed by atoms with E-state index in [-0.39, 0.29) is 0 Å². The average molecular weight is 815 g/mol. The summed E-state index contributed by atoms with van der Waals surface area (Å²) in [5.41, 5.74) is 16.3. The van der Waals surface area contributed by atoms with Crippen LogP contribution >= 0.6 is 0 Å². The molecule has 0 amide bonds. The van der Waals surface area contributed by atoms with Crippen LogP contribution in [0, 0.1) is 0 Å². The third-order valence-corrected chi connectivity index (χ3v) is 12.7. The maximum absolute atomic E-state index is 2.47. The number of benzene rings is 11. The van der Waals surface area contributed by atoms with E-state index in [0.717, 1.165) is 33.9 Å². The van der Waals surface area contributed by atoms with Crippen LogP contribution in [0.25, 0.3) is 93.5 Å². The summed E-state index contributed by atoms with van der Waals surface area (Å²) in [6, 6.07) is 92.8. The Balaban J connectivity index is 1.07. The molecule has 12 aromatic rings. The van der Waals surface area contributed by atoms with Gasteiger partial charge in [0.15, 0.2) is 0 Å². The van der Waals surface area contributed by atoms with E-state index in [9.17, 15) is 0 Å². The third-order valence-electron chi connectivity index (χ3n) is 12.7. The first kappa shape index (κ1) is 37.3. The summed E-state index contributed by atoms with van der Waals surface area (Å²) in [4.78, 5) is 2.45. The minimum absolute atomic E-state index is 1.08. The van der Waals surface area contributed by atoms with Crippen LogP contribution in [0.1, 0.15) is 0 Å². The van der Waals surface area contributed by atoms with Crippen molar-refractivity contribution in [2.45, 2.75) is 0 Å². The molecule has 0 saturated heterocycles. The van der Waals surface area contributed by atoms with E-state index in [0.29, 0.717) is 0 Å². The summed E-state index contributed by atoms with van der Waals surface area (Å²) in [5.74, 6) is 0. The maximum atomic E-state index is 2.47. The number of rotatable bonds is 8. The van der Waals surface area contributed by atoms with Gasteiger partial charge in [-0.15, -0.1) is 0 Å². The Morgan fingerprint density at radius 1 is 0.266 bits per heavy atom. The van der Waals surface area contributed by atoms with Crippen LogP contribution in [0.4, 0.5) is 17.1 Å². The molecule has 0 fully saturated rings. The Bertz CT molecular complexity index is 3560. The van der Waals surface area contributed by atoms with E-state index in [1.807, 2.05) is 0 Å². The quantitative estimate of drug-likeness (QED) is 0.139. The highest BCUT2D eigenvalue weighted by Crippen LogP contribution is 2.45. The van der Waals surface area contributed by atoms with Crippen molar-refractivity contribution in [3.63, 3.8) is 0 Å². The lowest BCUT2D eigenvalue weighted by Crippen LogP contribution is -2.11. The van der Waals surface area contributed by atoms with Crippen molar-refractivity contribution in [1.29, 1.82) is 0 Å². The van der Waals surface area contributed by atoms with Crippen molar-refractivity contribution in [3.05, 3.63) is 255 Å². The van der Waals surface area contributed by atoms with Crippen LogP contribution in [-0.2, 0) is 0 Å². The zero-order valence-corrected chi connectivity index (χ0v) is 35.1. The normalized spacial score (nSPS) is 11.4. The van der Waals surface area contributed by atoms with Gasteiger partial charge in [0.2, 0.25) is 0 Å². The van der Waals surface area contributed by atoms with Crippen LogP contribution in [-0.4, -0.2) is 4.57 Å². The number of hydrogen-bond donors (Lipinski definition) is 0. The largest absolute Gasteiger partial charge is 0.310 e. The molecule has 2 heteroatoms. The summed E-state index contributed by atoms with van der Waals surface area (Å²) in [6.07, 6.45) is 0. The third kappa shape index (κ3) is 6.52. The van der Waals surface area contributed by atoms with Crippen LogP contribution in [0.2, 0.25) is 0 Å². The molecule has 0 bridgehead atoms. The topological polar surface area (TPSA) is 8.17 Å². The highest BCUT2D eigenvalue weighted by atomic mass is 15.1. The number of anilines is 3. The molecule has 0 radical (unpaired) electrons. The van der Waals surface area contributed by atoms with Crippen molar-refractivity contribution in [2.24, 2.45) is 0 Å². The molecule has 11 aromatic carbocycles. The Labute approximate surface area is 373 Å². The smallest absolute Gasteiger partial charge is 0.0546 e. The van der Waals surface area contributed by atoms with Crippen molar-refractivity contribution in [1.82, 2.24) is 4.57 Å². The zero-order chi connectivity index (χ0) is 42.4. The first-order chi connectivity index (χ1) is 31.7. The lowest BCUT2D eigenvalue weighted by molar-refractivity contribution is 1.18. The Hall–Kier alpha value is -8.46. The van der Waals surface area contributed by atoms with Gasteiger partial charge in [0, 0.05) is 33.1 Å². The number of nitrogens with zero attached hydrogens (tertiary/aromatic N) is 2. The van der Waals surface area contributed by atoms with E-state index in [1.165, 1.54) is 76.7 Å². The van der Waals surface area contributed by atoms with E-state index in [4.69, 9.17) is 0 Å². The zero-order valence-electron chi connectivity index (χ0n) is 35.1. The molecule has 2 nitrogen and oxygen atoms in total. The molecule has 300 valence electrons. The number of fused-ring (bicyclic) bond motifs is 6. The molecule has 0 spiro atoms. The minimum Gasteiger partial charge on any atom is -0.310 e. The fourth-order valence-corrected chi connectivity index (χ4v) is 9.73. The number of hydrogen-bond acceptors (Lipinski definition) is 1. The molecule has 1 aromatic heterocycles. The summed E-state index contributed by atoms with van der Waals surface area (Å²) in [5, 5.41) is 7.35. The van der Waals surface area contributed by atoms with Crippen LogP contribution < -0.4 is 4.90 Å². The van der Waals surface area contributed by atoms with Gasteiger partial charge in [0.25, 0.3) is 0 Å². The summed E-state index contributed by atoms with van der Waals surface area (Å²) >= 11 is 0. The van der Waals surface area contributed by atoms with Gasteiger partial charge in [-0.2, -0.15) is 0 Å². The highest BCUT2D eigenvalue weighted by Gasteiger charge is 2.21. The van der Waals surface area contributed by atoms with Gasteiger partial charge < -0.3 is 9.47 Å². The molecule has 0 aliphatic carbocycles. The van der Waals surface area contributed by atoms with Crippen LogP contribution in [0.5, 0.6) is 0 Å².